The van der Waals surface area contributed by atoms with E-state index in [4.69, 9.17) is 4.74 Å². The Morgan fingerprint density at radius 3 is 2.50 bits per heavy atom. The highest BCUT2D eigenvalue weighted by molar-refractivity contribution is 7.99. The molecule has 0 fully saturated rings. The molecule has 166 valence electrons. The molecule has 7 heteroatoms. The summed E-state index contributed by atoms with van der Waals surface area (Å²) in [6.07, 6.45) is 3.75. The number of hydrogen-bond donors (Lipinski definition) is 0. The van der Waals surface area contributed by atoms with Crippen molar-refractivity contribution >= 4 is 23.2 Å². The van der Waals surface area contributed by atoms with E-state index in [1.807, 2.05) is 29.2 Å². The molecule has 1 aliphatic rings. The summed E-state index contributed by atoms with van der Waals surface area (Å²) in [4.78, 5) is 14.7. The van der Waals surface area contributed by atoms with Crippen LogP contribution in [0.4, 0.5) is 0 Å². The maximum absolute atomic E-state index is 12.8. The van der Waals surface area contributed by atoms with Crippen molar-refractivity contribution in [2.45, 2.75) is 24.5 Å². The van der Waals surface area contributed by atoms with Crippen molar-refractivity contribution in [1.29, 1.82) is 0 Å². The second-order valence-corrected chi connectivity index (χ2v) is 8.62. The van der Waals surface area contributed by atoms with Gasteiger partial charge < -0.3 is 14.2 Å². The maximum Gasteiger partial charge on any atom is 0.233 e. The Balaban J connectivity index is 1.37. The second kappa shape index (κ2) is 11.1. The Hall–Kier alpha value is -2.90. The van der Waals surface area contributed by atoms with Gasteiger partial charge in [0.15, 0.2) is 5.16 Å². The first-order valence-electron chi connectivity index (χ1n) is 10.8. The van der Waals surface area contributed by atoms with Crippen LogP contribution in [-0.4, -0.2) is 58.1 Å². The van der Waals surface area contributed by atoms with Crippen molar-refractivity contribution in [1.82, 2.24) is 19.7 Å². The minimum atomic E-state index is 0.129. The molecule has 0 aliphatic carbocycles. The van der Waals surface area contributed by atoms with Gasteiger partial charge in [-0.2, -0.15) is 0 Å². The minimum absolute atomic E-state index is 0.129. The number of hydrogen-bond acceptors (Lipinski definition) is 5. The molecule has 1 aromatic heterocycles. The first-order valence-corrected chi connectivity index (χ1v) is 11.8. The molecule has 0 saturated heterocycles. The lowest BCUT2D eigenvalue weighted by Crippen LogP contribution is -2.35. The van der Waals surface area contributed by atoms with E-state index in [1.54, 1.807) is 7.11 Å². The second-order valence-electron chi connectivity index (χ2n) is 7.68. The van der Waals surface area contributed by atoms with Crippen molar-refractivity contribution in [3.05, 3.63) is 83.7 Å². The highest BCUT2D eigenvalue weighted by Gasteiger charge is 2.20. The molecule has 32 heavy (non-hydrogen) atoms. The Morgan fingerprint density at radius 1 is 1.06 bits per heavy atom. The van der Waals surface area contributed by atoms with Crippen LogP contribution in [-0.2, 0) is 22.5 Å². The van der Waals surface area contributed by atoms with Gasteiger partial charge in [-0.1, -0.05) is 78.5 Å². The Morgan fingerprint density at radius 2 is 1.81 bits per heavy atom. The third kappa shape index (κ3) is 5.66. The predicted molar refractivity (Wildman–Crippen MR) is 127 cm³/mol. The number of ether oxygens (including phenoxy) is 1. The number of carbonyl (C=O) groups is 1. The van der Waals surface area contributed by atoms with Gasteiger partial charge in [0.1, 0.15) is 5.82 Å². The SMILES string of the molecule is COCCn1c(Cc2ccccc2)nnc1SCC(=O)N1CC=C(c2ccccc2)CC1. The normalized spacial score (nSPS) is 13.8. The van der Waals surface area contributed by atoms with Crippen LogP contribution in [0.3, 0.4) is 0 Å². The maximum atomic E-state index is 12.8. The van der Waals surface area contributed by atoms with Gasteiger partial charge in [0.25, 0.3) is 0 Å². The number of methoxy groups -OCH3 is 1. The van der Waals surface area contributed by atoms with E-state index < -0.39 is 0 Å². The molecular formula is C25H28N4O2S. The van der Waals surface area contributed by atoms with E-state index in [1.165, 1.54) is 28.5 Å². The van der Waals surface area contributed by atoms with Crippen LogP contribution in [0.5, 0.6) is 0 Å². The summed E-state index contributed by atoms with van der Waals surface area (Å²) in [7, 11) is 1.69. The standard InChI is InChI=1S/C25H28N4O2S/c1-31-17-16-29-23(18-20-8-4-2-5-9-20)26-27-25(29)32-19-24(30)28-14-12-22(13-15-28)21-10-6-3-7-11-21/h2-12H,13-19H2,1H3. The van der Waals surface area contributed by atoms with Gasteiger partial charge in [0.2, 0.25) is 5.91 Å². The van der Waals surface area contributed by atoms with Gasteiger partial charge in [-0.3, -0.25) is 4.79 Å². The van der Waals surface area contributed by atoms with E-state index in [9.17, 15) is 4.79 Å². The van der Waals surface area contributed by atoms with Crippen LogP contribution >= 0.6 is 11.8 Å². The summed E-state index contributed by atoms with van der Waals surface area (Å²) in [6.45, 7) is 2.63. The van der Waals surface area contributed by atoms with Gasteiger partial charge in [0, 0.05) is 33.2 Å². The zero-order valence-electron chi connectivity index (χ0n) is 18.3. The summed E-state index contributed by atoms with van der Waals surface area (Å²) >= 11 is 1.45. The molecule has 1 amide bonds. The summed E-state index contributed by atoms with van der Waals surface area (Å²) in [5, 5.41) is 9.54. The lowest BCUT2D eigenvalue weighted by atomic mass is 10.00. The zero-order valence-corrected chi connectivity index (χ0v) is 19.1. The van der Waals surface area contributed by atoms with Gasteiger partial charge in [-0.15, -0.1) is 10.2 Å². The molecule has 3 aromatic rings. The molecule has 0 atom stereocenters. The van der Waals surface area contributed by atoms with Crippen molar-refractivity contribution < 1.29 is 9.53 Å². The quantitative estimate of drug-likeness (QED) is 0.464. The van der Waals surface area contributed by atoms with Gasteiger partial charge in [-0.25, -0.2) is 0 Å². The molecule has 0 spiro atoms. The number of carbonyl (C=O) groups excluding carboxylic acids is 1. The van der Waals surface area contributed by atoms with E-state index in [0.29, 0.717) is 31.9 Å². The highest BCUT2D eigenvalue weighted by atomic mass is 32.2. The lowest BCUT2D eigenvalue weighted by molar-refractivity contribution is -0.127. The van der Waals surface area contributed by atoms with Gasteiger partial charge in [-0.05, 0) is 23.1 Å². The number of thioether (sulfide) groups is 1. The first-order chi connectivity index (χ1) is 15.7. The largest absolute Gasteiger partial charge is 0.383 e. The average Bonchev–Trinajstić information content (AvgIpc) is 3.23. The molecule has 0 unspecified atom stereocenters. The number of amides is 1. The van der Waals surface area contributed by atoms with E-state index in [0.717, 1.165) is 23.9 Å². The molecule has 4 rings (SSSR count). The molecule has 0 bridgehead atoms. The fourth-order valence-corrected chi connectivity index (χ4v) is 4.66. The lowest BCUT2D eigenvalue weighted by Gasteiger charge is -2.26. The Kier molecular flexibility index (Phi) is 7.74. The molecule has 2 aromatic carbocycles. The molecule has 6 nitrogen and oxygen atoms in total. The number of benzene rings is 2. The van der Waals surface area contributed by atoms with Crippen LogP contribution in [0.1, 0.15) is 23.4 Å². The van der Waals surface area contributed by atoms with Gasteiger partial charge >= 0.3 is 0 Å². The van der Waals surface area contributed by atoms with Crippen LogP contribution in [0.2, 0.25) is 0 Å². The zero-order chi connectivity index (χ0) is 22.2. The third-order valence-electron chi connectivity index (χ3n) is 5.55. The Bertz CT molecular complexity index is 1050. The predicted octanol–water partition coefficient (Wildman–Crippen LogP) is 3.92. The summed E-state index contributed by atoms with van der Waals surface area (Å²) in [5.41, 5.74) is 3.74. The minimum Gasteiger partial charge on any atom is -0.383 e. The van der Waals surface area contributed by atoms with Gasteiger partial charge in [0.05, 0.1) is 12.4 Å². The smallest absolute Gasteiger partial charge is 0.233 e. The monoisotopic (exact) mass is 448 g/mol. The fraction of sp³-hybridized carbons (Fsp3) is 0.320. The van der Waals surface area contributed by atoms with E-state index >= 15 is 0 Å². The molecular weight excluding hydrogens is 420 g/mol. The van der Waals surface area contributed by atoms with Crippen LogP contribution < -0.4 is 0 Å². The van der Waals surface area contributed by atoms with Crippen molar-refractivity contribution in [2.24, 2.45) is 0 Å². The highest BCUT2D eigenvalue weighted by Crippen LogP contribution is 2.24. The summed E-state index contributed by atoms with van der Waals surface area (Å²) < 4.78 is 7.34. The summed E-state index contributed by atoms with van der Waals surface area (Å²) in [5.74, 6) is 1.37. The van der Waals surface area contributed by atoms with Crippen molar-refractivity contribution in [2.75, 3.05) is 32.6 Å². The number of aromatic nitrogens is 3. The molecule has 1 aliphatic heterocycles. The average molecular weight is 449 g/mol. The molecule has 0 N–H and O–H groups in total. The number of nitrogens with zero attached hydrogens (tertiary/aromatic N) is 4. The first kappa shape index (κ1) is 22.3. The van der Waals surface area contributed by atoms with Crippen molar-refractivity contribution in [3.8, 4) is 0 Å². The van der Waals surface area contributed by atoms with E-state index in [2.05, 4.69) is 57.2 Å². The molecule has 0 saturated carbocycles. The Labute approximate surface area is 193 Å². The van der Waals surface area contributed by atoms with Crippen LogP contribution in [0.25, 0.3) is 5.57 Å². The third-order valence-corrected chi connectivity index (χ3v) is 6.50. The van der Waals surface area contributed by atoms with Crippen LogP contribution in [0, 0.1) is 0 Å². The topological polar surface area (TPSA) is 60.2 Å². The molecule has 2 heterocycles. The fourth-order valence-electron chi connectivity index (χ4n) is 3.77. The van der Waals surface area contributed by atoms with Crippen LogP contribution in [0.15, 0.2) is 71.9 Å². The summed E-state index contributed by atoms with van der Waals surface area (Å²) in [6, 6.07) is 20.6. The van der Waals surface area contributed by atoms with Crippen molar-refractivity contribution in [3.63, 3.8) is 0 Å². The number of rotatable bonds is 9. The van der Waals surface area contributed by atoms with E-state index in [-0.39, 0.29) is 5.91 Å². The molecule has 0 radical (unpaired) electrons.